The van der Waals surface area contributed by atoms with Gasteiger partial charge in [-0.3, -0.25) is 9.59 Å². The Morgan fingerprint density at radius 1 is 0.920 bits per heavy atom. The van der Waals surface area contributed by atoms with Crippen molar-refractivity contribution in [2.75, 3.05) is 25.0 Å². The lowest BCUT2D eigenvalue weighted by molar-refractivity contribution is -0.119. The molecule has 0 saturated carbocycles. The predicted molar refractivity (Wildman–Crippen MR) is 98.4 cm³/mol. The molecular formula is C20H23N3O2. The number of likely N-dealkylation sites (tertiary alicyclic amines) is 1. The fourth-order valence-corrected chi connectivity index (χ4v) is 2.87. The molecular weight excluding hydrogens is 314 g/mol. The number of anilines is 1. The summed E-state index contributed by atoms with van der Waals surface area (Å²) in [4.78, 5) is 26.1. The summed E-state index contributed by atoms with van der Waals surface area (Å²) in [6.45, 7) is 2.41. The molecule has 1 fully saturated rings. The smallest absolute Gasteiger partial charge is 0.253 e. The van der Waals surface area contributed by atoms with E-state index in [0.717, 1.165) is 37.2 Å². The average molecular weight is 337 g/mol. The molecule has 2 N–H and O–H groups in total. The molecule has 5 heteroatoms. The monoisotopic (exact) mass is 337 g/mol. The number of nitrogens with one attached hydrogen (secondary N) is 2. The summed E-state index contributed by atoms with van der Waals surface area (Å²) >= 11 is 0. The Labute approximate surface area is 148 Å². The molecule has 0 unspecified atom stereocenters. The van der Waals surface area contributed by atoms with E-state index in [1.54, 1.807) is 0 Å². The van der Waals surface area contributed by atoms with Crippen LogP contribution in [0.3, 0.4) is 0 Å². The molecule has 3 rings (SSSR count). The minimum Gasteiger partial charge on any atom is -0.376 e. The lowest BCUT2D eigenvalue weighted by Crippen LogP contribution is -2.29. The summed E-state index contributed by atoms with van der Waals surface area (Å²) in [6, 6.07) is 17.1. The third kappa shape index (κ3) is 4.83. The molecule has 25 heavy (non-hydrogen) atoms. The van der Waals surface area contributed by atoms with E-state index in [-0.39, 0.29) is 18.4 Å². The summed E-state index contributed by atoms with van der Waals surface area (Å²) < 4.78 is 0. The second kappa shape index (κ2) is 8.33. The predicted octanol–water partition coefficient (Wildman–Crippen LogP) is 2.65. The molecule has 0 aliphatic carbocycles. The lowest BCUT2D eigenvalue weighted by Gasteiger charge is -2.15. The number of rotatable bonds is 6. The van der Waals surface area contributed by atoms with Crippen LogP contribution in [0.5, 0.6) is 0 Å². The van der Waals surface area contributed by atoms with E-state index in [4.69, 9.17) is 0 Å². The molecule has 0 radical (unpaired) electrons. The topological polar surface area (TPSA) is 61.4 Å². The van der Waals surface area contributed by atoms with Gasteiger partial charge in [-0.05, 0) is 42.7 Å². The van der Waals surface area contributed by atoms with E-state index in [0.29, 0.717) is 12.1 Å². The molecule has 0 atom stereocenters. The number of carbonyl (C=O) groups is 2. The molecule has 0 spiro atoms. The zero-order valence-corrected chi connectivity index (χ0v) is 14.2. The Hall–Kier alpha value is -2.82. The van der Waals surface area contributed by atoms with Gasteiger partial charge < -0.3 is 15.5 Å². The number of benzene rings is 2. The van der Waals surface area contributed by atoms with Gasteiger partial charge in [0, 0.05) is 30.9 Å². The van der Waals surface area contributed by atoms with Crippen molar-refractivity contribution in [1.29, 1.82) is 0 Å². The maximum absolute atomic E-state index is 12.3. The second-order valence-electron chi connectivity index (χ2n) is 6.19. The maximum Gasteiger partial charge on any atom is 0.253 e. The lowest BCUT2D eigenvalue weighted by atomic mass is 10.2. The van der Waals surface area contributed by atoms with Gasteiger partial charge in [0.05, 0.1) is 6.54 Å². The van der Waals surface area contributed by atoms with Crippen molar-refractivity contribution in [3.63, 3.8) is 0 Å². The van der Waals surface area contributed by atoms with E-state index in [2.05, 4.69) is 10.6 Å². The zero-order valence-electron chi connectivity index (χ0n) is 14.2. The van der Waals surface area contributed by atoms with Crippen LogP contribution in [0.25, 0.3) is 0 Å². The van der Waals surface area contributed by atoms with Crippen molar-refractivity contribution in [3.05, 3.63) is 65.7 Å². The van der Waals surface area contributed by atoms with Crippen molar-refractivity contribution in [2.24, 2.45) is 0 Å². The van der Waals surface area contributed by atoms with Gasteiger partial charge in [-0.1, -0.05) is 30.3 Å². The number of nitrogens with zero attached hydrogens (tertiary/aromatic N) is 1. The van der Waals surface area contributed by atoms with Crippen LogP contribution in [0.4, 0.5) is 5.69 Å². The van der Waals surface area contributed by atoms with Gasteiger partial charge in [0.1, 0.15) is 0 Å². The van der Waals surface area contributed by atoms with Gasteiger partial charge in [0.2, 0.25) is 5.91 Å². The van der Waals surface area contributed by atoms with Gasteiger partial charge in [0.15, 0.2) is 0 Å². The van der Waals surface area contributed by atoms with E-state index in [1.165, 1.54) is 0 Å². The van der Waals surface area contributed by atoms with Gasteiger partial charge in [-0.2, -0.15) is 0 Å². The zero-order chi connectivity index (χ0) is 17.5. The molecule has 2 amide bonds. The molecule has 5 nitrogen and oxygen atoms in total. The highest BCUT2D eigenvalue weighted by atomic mass is 16.2. The fraction of sp³-hybridized carbons (Fsp3) is 0.300. The Bertz CT molecular complexity index is 707. The summed E-state index contributed by atoms with van der Waals surface area (Å²) in [5.41, 5.74) is 2.59. The normalized spacial score (nSPS) is 13.5. The van der Waals surface area contributed by atoms with Crippen LogP contribution in [0.15, 0.2) is 54.6 Å². The first kappa shape index (κ1) is 17.0. The number of hydrogen-bond donors (Lipinski definition) is 2. The number of amides is 2. The highest BCUT2D eigenvalue weighted by Crippen LogP contribution is 2.15. The highest BCUT2D eigenvalue weighted by molar-refractivity contribution is 5.94. The van der Waals surface area contributed by atoms with Crippen LogP contribution in [0.1, 0.15) is 28.8 Å². The third-order valence-electron chi connectivity index (χ3n) is 4.31. The summed E-state index contributed by atoms with van der Waals surface area (Å²) in [6.07, 6.45) is 2.17. The molecule has 1 aliphatic heterocycles. The molecule has 0 bridgehead atoms. The van der Waals surface area contributed by atoms with Crippen LogP contribution < -0.4 is 10.6 Å². The van der Waals surface area contributed by atoms with Gasteiger partial charge in [-0.25, -0.2) is 0 Å². The standard InChI is InChI=1S/C20H23N3O2/c24-19(22-14-16-6-2-1-3-7-16)15-21-18-10-8-17(9-11-18)20(25)23-12-4-5-13-23/h1-3,6-11,21H,4-5,12-15H2,(H,22,24). The summed E-state index contributed by atoms with van der Waals surface area (Å²) in [5.74, 6) is 0.0192. The van der Waals surface area contributed by atoms with Crippen LogP contribution >= 0.6 is 0 Å². The fourth-order valence-electron chi connectivity index (χ4n) is 2.87. The van der Waals surface area contributed by atoms with Crippen LogP contribution in [-0.2, 0) is 11.3 Å². The molecule has 130 valence electrons. The van der Waals surface area contributed by atoms with Gasteiger partial charge in [-0.15, -0.1) is 0 Å². The summed E-state index contributed by atoms with van der Waals surface area (Å²) in [7, 11) is 0. The molecule has 1 saturated heterocycles. The molecule has 1 aliphatic rings. The van der Waals surface area contributed by atoms with Crippen molar-refractivity contribution < 1.29 is 9.59 Å². The number of carbonyl (C=O) groups excluding carboxylic acids is 2. The Morgan fingerprint density at radius 2 is 1.60 bits per heavy atom. The molecule has 2 aromatic carbocycles. The Kier molecular flexibility index (Phi) is 5.67. The van der Waals surface area contributed by atoms with E-state index in [1.807, 2.05) is 59.5 Å². The van der Waals surface area contributed by atoms with Crippen LogP contribution in [-0.4, -0.2) is 36.3 Å². The Morgan fingerprint density at radius 3 is 2.28 bits per heavy atom. The first-order valence-corrected chi connectivity index (χ1v) is 8.66. The largest absolute Gasteiger partial charge is 0.376 e. The molecule has 0 aromatic heterocycles. The van der Waals surface area contributed by atoms with Gasteiger partial charge in [0.25, 0.3) is 5.91 Å². The number of hydrogen-bond acceptors (Lipinski definition) is 3. The van der Waals surface area contributed by atoms with Crippen molar-refractivity contribution in [1.82, 2.24) is 10.2 Å². The van der Waals surface area contributed by atoms with Crippen molar-refractivity contribution >= 4 is 17.5 Å². The minimum atomic E-state index is -0.0685. The Balaban J connectivity index is 1.45. The average Bonchev–Trinajstić information content (AvgIpc) is 3.20. The van der Waals surface area contributed by atoms with Crippen LogP contribution in [0, 0.1) is 0 Å². The summed E-state index contributed by atoms with van der Waals surface area (Å²) in [5, 5.41) is 5.95. The highest BCUT2D eigenvalue weighted by Gasteiger charge is 2.19. The first-order valence-electron chi connectivity index (χ1n) is 8.66. The van der Waals surface area contributed by atoms with Crippen molar-refractivity contribution in [3.8, 4) is 0 Å². The van der Waals surface area contributed by atoms with E-state index >= 15 is 0 Å². The molecule has 2 aromatic rings. The maximum atomic E-state index is 12.3. The van der Waals surface area contributed by atoms with E-state index in [9.17, 15) is 9.59 Å². The van der Waals surface area contributed by atoms with Gasteiger partial charge >= 0.3 is 0 Å². The second-order valence-corrected chi connectivity index (χ2v) is 6.19. The minimum absolute atomic E-state index is 0.0685. The van der Waals surface area contributed by atoms with E-state index < -0.39 is 0 Å². The SMILES string of the molecule is O=C(CNc1ccc(C(=O)N2CCCC2)cc1)NCc1ccccc1. The third-order valence-corrected chi connectivity index (χ3v) is 4.31. The molecule has 1 heterocycles. The van der Waals surface area contributed by atoms with Crippen molar-refractivity contribution in [2.45, 2.75) is 19.4 Å². The quantitative estimate of drug-likeness (QED) is 0.852. The first-order chi connectivity index (χ1) is 12.2. The van der Waals surface area contributed by atoms with Crippen LogP contribution in [0.2, 0.25) is 0 Å².